The van der Waals surface area contributed by atoms with Gasteiger partial charge in [-0.3, -0.25) is 4.68 Å². The second-order valence-electron chi connectivity index (χ2n) is 6.56. The van der Waals surface area contributed by atoms with E-state index in [4.69, 9.17) is 5.73 Å². The van der Waals surface area contributed by atoms with Gasteiger partial charge >= 0.3 is 12.2 Å². The number of hydrogen-bond donors (Lipinski definition) is 1. The summed E-state index contributed by atoms with van der Waals surface area (Å²) in [6.45, 7) is 0.835. The van der Waals surface area contributed by atoms with Crippen LogP contribution in [-0.2, 0) is 19.3 Å². The monoisotopic (exact) mass is 386 g/mol. The minimum atomic E-state index is -4.52. The van der Waals surface area contributed by atoms with Crippen molar-refractivity contribution in [2.75, 3.05) is 6.54 Å². The predicted molar refractivity (Wildman–Crippen MR) is 98.1 cm³/mol. The Morgan fingerprint density at radius 3 is 2.36 bits per heavy atom. The van der Waals surface area contributed by atoms with Gasteiger partial charge in [0.1, 0.15) is 5.69 Å². The Morgan fingerprint density at radius 2 is 1.68 bits per heavy atom. The second kappa shape index (κ2) is 6.70. The van der Waals surface area contributed by atoms with E-state index in [2.05, 4.69) is 5.10 Å². The molecule has 0 fully saturated rings. The average molecular weight is 386 g/mol. The fraction of sp³-hybridized carbons (Fsp3) is 0.200. The molecule has 2 heterocycles. The van der Waals surface area contributed by atoms with Gasteiger partial charge in [0.25, 0.3) is 0 Å². The molecule has 1 aliphatic rings. The maximum absolute atomic E-state index is 13.7. The van der Waals surface area contributed by atoms with Gasteiger partial charge in [0.05, 0.1) is 24.3 Å². The Morgan fingerprint density at radius 1 is 1.00 bits per heavy atom. The van der Waals surface area contributed by atoms with Crippen LogP contribution in [0.25, 0.3) is 22.4 Å². The molecule has 0 saturated carbocycles. The van der Waals surface area contributed by atoms with Crippen molar-refractivity contribution in [3.8, 4) is 22.4 Å². The highest BCUT2D eigenvalue weighted by Crippen LogP contribution is 2.42. The van der Waals surface area contributed by atoms with E-state index in [-0.39, 0.29) is 12.1 Å². The van der Waals surface area contributed by atoms with Crippen molar-refractivity contribution in [2.45, 2.75) is 19.3 Å². The number of fused-ring (bicyclic) bond motifs is 1. The third-order valence-electron chi connectivity index (χ3n) is 4.84. The third-order valence-corrected chi connectivity index (χ3v) is 4.84. The zero-order valence-electron chi connectivity index (χ0n) is 14.8. The van der Waals surface area contributed by atoms with Crippen molar-refractivity contribution in [1.29, 1.82) is 0 Å². The lowest BCUT2D eigenvalue weighted by Gasteiger charge is -2.27. The lowest BCUT2D eigenvalue weighted by Crippen LogP contribution is -2.41. The molecule has 0 aliphatic carbocycles. The minimum absolute atomic E-state index is 0.0430. The molecule has 0 atom stereocenters. The number of rotatable bonds is 2. The van der Waals surface area contributed by atoms with E-state index in [0.29, 0.717) is 35.6 Å². The van der Waals surface area contributed by atoms with Crippen LogP contribution in [0, 0.1) is 0 Å². The van der Waals surface area contributed by atoms with Crippen molar-refractivity contribution < 1.29 is 18.0 Å². The van der Waals surface area contributed by atoms with E-state index in [1.807, 2.05) is 18.2 Å². The summed E-state index contributed by atoms with van der Waals surface area (Å²) in [5.74, 6) is 0. The normalized spacial score (nSPS) is 14.0. The lowest BCUT2D eigenvalue weighted by molar-refractivity contribution is -0.137. The highest BCUT2D eigenvalue weighted by molar-refractivity contribution is 5.85. The second-order valence-corrected chi connectivity index (χ2v) is 6.56. The standard InChI is InChI=1S/C20H17F3N4O/c21-20(22,23)15-9-5-4-8-14(15)17-16-12-26(19(24)28)10-11-27(16)25-18(17)13-6-2-1-3-7-13/h1-9H,10-12H2,(H2,24,28). The van der Waals surface area contributed by atoms with Crippen molar-refractivity contribution in [3.63, 3.8) is 0 Å². The highest BCUT2D eigenvalue weighted by Gasteiger charge is 2.36. The summed E-state index contributed by atoms with van der Waals surface area (Å²) in [6, 6.07) is 13.9. The number of halogens is 3. The zero-order valence-corrected chi connectivity index (χ0v) is 14.8. The first-order chi connectivity index (χ1) is 13.4. The maximum atomic E-state index is 13.7. The molecule has 0 bridgehead atoms. The summed E-state index contributed by atoms with van der Waals surface area (Å²) in [5.41, 5.74) is 6.80. The van der Waals surface area contributed by atoms with Crippen LogP contribution in [0.1, 0.15) is 11.3 Å². The van der Waals surface area contributed by atoms with Crippen LogP contribution in [-0.4, -0.2) is 27.3 Å². The average Bonchev–Trinajstić information content (AvgIpc) is 3.06. The van der Waals surface area contributed by atoms with Gasteiger partial charge in [0.15, 0.2) is 0 Å². The Labute approximate surface area is 159 Å². The number of amides is 2. The summed E-state index contributed by atoms with van der Waals surface area (Å²) >= 11 is 0. The Bertz CT molecular complexity index is 1030. The molecule has 1 aliphatic heterocycles. The molecule has 3 aromatic rings. The van der Waals surface area contributed by atoms with Crippen molar-refractivity contribution in [1.82, 2.24) is 14.7 Å². The van der Waals surface area contributed by atoms with Crippen LogP contribution in [0.5, 0.6) is 0 Å². The van der Waals surface area contributed by atoms with Crippen molar-refractivity contribution in [2.24, 2.45) is 5.73 Å². The van der Waals surface area contributed by atoms with E-state index in [1.54, 1.807) is 22.9 Å². The quantitative estimate of drug-likeness (QED) is 0.720. The van der Waals surface area contributed by atoms with E-state index in [9.17, 15) is 18.0 Å². The summed E-state index contributed by atoms with van der Waals surface area (Å²) in [7, 11) is 0. The van der Waals surface area contributed by atoms with E-state index < -0.39 is 17.8 Å². The SMILES string of the molecule is NC(=O)N1CCn2nc(-c3ccccc3)c(-c3ccccc3C(F)(F)F)c2C1. The lowest BCUT2D eigenvalue weighted by atomic mass is 9.94. The molecular weight excluding hydrogens is 369 g/mol. The van der Waals surface area contributed by atoms with Gasteiger partial charge in [-0.15, -0.1) is 0 Å². The molecule has 28 heavy (non-hydrogen) atoms. The fourth-order valence-electron chi connectivity index (χ4n) is 3.54. The molecule has 144 valence electrons. The van der Waals surface area contributed by atoms with Crippen molar-refractivity contribution >= 4 is 6.03 Å². The molecule has 0 saturated heterocycles. The van der Waals surface area contributed by atoms with E-state index in [1.165, 1.54) is 17.0 Å². The number of benzene rings is 2. The predicted octanol–water partition coefficient (Wildman–Crippen LogP) is 4.13. The number of aromatic nitrogens is 2. The molecule has 0 unspecified atom stereocenters. The van der Waals surface area contributed by atoms with Gasteiger partial charge in [-0.1, -0.05) is 48.5 Å². The van der Waals surface area contributed by atoms with Crippen LogP contribution < -0.4 is 5.73 Å². The first kappa shape index (κ1) is 18.1. The minimum Gasteiger partial charge on any atom is -0.351 e. The highest BCUT2D eigenvalue weighted by atomic mass is 19.4. The first-order valence-corrected chi connectivity index (χ1v) is 8.72. The molecule has 5 nitrogen and oxygen atoms in total. The van der Waals surface area contributed by atoms with Gasteiger partial charge in [0, 0.05) is 17.7 Å². The number of carbonyl (C=O) groups excluding carboxylic acids is 1. The Hall–Kier alpha value is -3.29. The van der Waals surface area contributed by atoms with Crippen LogP contribution in [0.2, 0.25) is 0 Å². The Balaban J connectivity index is 1.99. The molecule has 1 aromatic heterocycles. The molecule has 4 rings (SSSR count). The topological polar surface area (TPSA) is 64.2 Å². The molecule has 2 aromatic carbocycles. The van der Waals surface area contributed by atoms with Gasteiger partial charge in [-0.05, 0) is 11.6 Å². The largest absolute Gasteiger partial charge is 0.417 e. The summed E-state index contributed by atoms with van der Waals surface area (Å²) < 4.78 is 42.8. The molecular formula is C20H17F3N4O. The number of nitrogens with two attached hydrogens (primary N) is 1. The number of urea groups is 1. The zero-order chi connectivity index (χ0) is 19.9. The van der Waals surface area contributed by atoms with E-state index >= 15 is 0 Å². The number of primary amides is 1. The maximum Gasteiger partial charge on any atom is 0.417 e. The molecule has 8 heteroatoms. The van der Waals surface area contributed by atoms with Gasteiger partial charge in [-0.2, -0.15) is 18.3 Å². The van der Waals surface area contributed by atoms with Crippen LogP contribution in [0.3, 0.4) is 0 Å². The molecule has 0 spiro atoms. The molecule has 0 radical (unpaired) electrons. The summed E-state index contributed by atoms with van der Waals surface area (Å²) in [6.07, 6.45) is -4.52. The smallest absolute Gasteiger partial charge is 0.351 e. The fourth-order valence-corrected chi connectivity index (χ4v) is 3.54. The van der Waals surface area contributed by atoms with Gasteiger partial charge < -0.3 is 10.6 Å². The van der Waals surface area contributed by atoms with Crippen LogP contribution in [0.15, 0.2) is 54.6 Å². The van der Waals surface area contributed by atoms with Gasteiger partial charge in [0.2, 0.25) is 0 Å². The molecule has 2 amide bonds. The Kier molecular flexibility index (Phi) is 4.33. The van der Waals surface area contributed by atoms with Crippen LogP contribution in [0.4, 0.5) is 18.0 Å². The van der Waals surface area contributed by atoms with Crippen LogP contribution >= 0.6 is 0 Å². The number of alkyl halides is 3. The third kappa shape index (κ3) is 3.11. The van der Waals surface area contributed by atoms with E-state index in [0.717, 1.165) is 6.07 Å². The first-order valence-electron chi connectivity index (χ1n) is 8.72. The van der Waals surface area contributed by atoms with Crippen molar-refractivity contribution in [3.05, 3.63) is 65.9 Å². The number of carbonyl (C=O) groups is 1. The number of hydrogen-bond acceptors (Lipinski definition) is 2. The summed E-state index contributed by atoms with van der Waals surface area (Å²) in [4.78, 5) is 13.1. The molecule has 2 N–H and O–H groups in total. The summed E-state index contributed by atoms with van der Waals surface area (Å²) in [5, 5.41) is 4.58. The van der Waals surface area contributed by atoms with Gasteiger partial charge in [-0.25, -0.2) is 4.79 Å². The number of nitrogens with zero attached hydrogens (tertiary/aromatic N) is 3.